The summed E-state index contributed by atoms with van der Waals surface area (Å²) >= 11 is 0. The first kappa shape index (κ1) is 12.6. The van der Waals surface area contributed by atoms with Crippen LogP contribution in [0.1, 0.15) is 12.0 Å². The molecule has 1 rings (SSSR count). The zero-order chi connectivity index (χ0) is 12.2. The third-order valence-corrected chi connectivity index (χ3v) is 2.03. The van der Waals surface area contributed by atoms with Gasteiger partial charge in [0.2, 0.25) is 0 Å². The van der Waals surface area contributed by atoms with Crippen molar-refractivity contribution in [3.63, 3.8) is 0 Å². The Labute approximate surface area is 91.1 Å². The molecule has 1 aromatic rings. The van der Waals surface area contributed by atoms with Crippen LogP contribution < -0.4 is 11.1 Å². The maximum absolute atomic E-state index is 12.4. The second-order valence-electron chi connectivity index (χ2n) is 3.30. The summed E-state index contributed by atoms with van der Waals surface area (Å²) in [4.78, 5) is 0. The van der Waals surface area contributed by atoms with Crippen molar-refractivity contribution in [3.05, 3.63) is 23.8 Å². The lowest BCUT2D eigenvalue weighted by Gasteiger charge is -2.12. The monoisotopic (exact) mass is 234 g/mol. The third-order valence-electron chi connectivity index (χ3n) is 2.03. The highest BCUT2D eigenvalue weighted by Gasteiger charge is 2.30. The van der Waals surface area contributed by atoms with Crippen LogP contribution in [0.25, 0.3) is 0 Å². The molecule has 4 N–H and O–H groups in total. The zero-order valence-corrected chi connectivity index (χ0v) is 8.51. The van der Waals surface area contributed by atoms with Crippen molar-refractivity contribution in [1.82, 2.24) is 0 Å². The number of hydrogen-bond donors (Lipinski definition) is 3. The van der Waals surface area contributed by atoms with Crippen LogP contribution in [0.15, 0.2) is 18.2 Å². The van der Waals surface area contributed by atoms with Gasteiger partial charge in [-0.1, -0.05) is 0 Å². The average Bonchev–Trinajstić information content (AvgIpc) is 2.19. The summed E-state index contributed by atoms with van der Waals surface area (Å²) in [6.45, 7) is 0.355. The van der Waals surface area contributed by atoms with E-state index in [2.05, 4.69) is 5.32 Å². The SMILES string of the molecule is Nc1ccc(C(F)(F)F)cc1NCCCO. The first-order chi connectivity index (χ1) is 7.45. The molecule has 0 bridgehead atoms. The molecule has 0 unspecified atom stereocenters. The Bertz CT molecular complexity index is 352. The predicted octanol–water partition coefficient (Wildman–Crippen LogP) is 2.08. The van der Waals surface area contributed by atoms with Gasteiger partial charge in [0.15, 0.2) is 0 Å². The molecular weight excluding hydrogens is 221 g/mol. The van der Waals surface area contributed by atoms with Crippen molar-refractivity contribution >= 4 is 11.4 Å². The highest BCUT2D eigenvalue weighted by atomic mass is 19.4. The minimum Gasteiger partial charge on any atom is -0.397 e. The summed E-state index contributed by atoms with van der Waals surface area (Å²) in [7, 11) is 0. The molecule has 90 valence electrons. The van der Waals surface area contributed by atoms with Gasteiger partial charge in [0.1, 0.15) is 0 Å². The lowest BCUT2D eigenvalue weighted by molar-refractivity contribution is -0.137. The van der Waals surface area contributed by atoms with Crippen LogP contribution in [0.4, 0.5) is 24.5 Å². The van der Waals surface area contributed by atoms with Gasteiger partial charge in [-0.2, -0.15) is 13.2 Å². The maximum atomic E-state index is 12.4. The highest BCUT2D eigenvalue weighted by molar-refractivity contribution is 5.67. The van der Waals surface area contributed by atoms with E-state index in [4.69, 9.17) is 10.8 Å². The van der Waals surface area contributed by atoms with E-state index in [0.717, 1.165) is 12.1 Å². The fraction of sp³-hybridized carbons (Fsp3) is 0.400. The maximum Gasteiger partial charge on any atom is 0.416 e. The van der Waals surface area contributed by atoms with Gasteiger partial charge in [0.25, 0.3) is 0 Å². The molecule has 0 spiro atoms. The highest BCUT2D eigenvalue weighted by Crippen LogP contribution is 2.32. The lowest BCUT2D eigenvalue weighted by atomic mass is 10.1. The van der Waals surface area contributed by atoms with Gasteiger partial charge in [-0.3, -0.25) is 0 Å². The van der Waals surface area contributed by atoms with Crippen LogP contribution in [0.2, 0.25) is 0 Å². The lowest BCUT2D eigenvalue weighted by Crippen LogP contribution is -2.09. The predicted molar refractivity (Wildman–Crippen MR) is 56.0 cm³/mol. The second-order valence-corrected chi connectivity index (χ2v) is 3.30. The summed E-state index contributed by atoms with van der Waals surface area (Å²) in [6, 6.07) is 3.11. The molecule has 16 heavy (non-hydrogen) atoms. The third kappa shape index (κ3) is 3.30. The van der Waals surface area contributed by atoms with E-state index in [9.17, 15) is 13.2 Å². The smallest absolute Gasteiger partial charge is 0.397 e. The van der Waals surface area contributed by atoms with E-state index in [1.165, 1.54) is 6.07 Å². The van der Waals surface area contributed by atoms with E-state index >= 15 is 0 Å². The number of aliphatic hydroxyl groups excluding tert-OH is 1. The van der Waals surface area contributed by atoms with Crippen molar-refractivity contribution in [1.29, 1.82) is 0 Å². The van der Waals surface area contributed by atoms with Crippen molar-refractivity contribution < 1.29 is 18.3 Å². The minimum atomic E-state index is -4.37. The van der Waals surface area contributed by atoms with E-state index in [0.29, 0.717) is 13.0 Å². The van der Waals surface area contributed by atoms with Gasteiger partial charge < -0.3 is 16.2 Å². The van der Waals surface area contributed by atoms with Crippen molar-refractivity contribution in [3.8, 4) is 0 Å². The van der Waals surface area contributed by atoms with Crippen molar-refractivity contribution in [2.45, 2.75) is 12.6 Å². The molecule has 0 radical (unpaired) electrons. The van der Waals surface area contributed by atoms with Gasteiger partial charge >= 0.3 is 6.18 Å². The van der Waals surface area contributed by atoms with Crippen molar-refractivity contribution in [2.75, 3.05) is 24.2 Å². The molecule has 0 aliphatic heterocycles. The van der Waals surface area contributed by atoms with Crippen LogP contribution in [0, 0.1) is 0 Å². The van der Waals surface area contributed by atoms with E-state index in [1.807, 2.05) is 0 Å². The Morgan fingerprint density at radius 1 is 1.31 bits per heavy atom. The van der Waals surface area contributed by atoms with Crippen LogP contribution >= 0.6 is 0 Å². The summed E-state index contributed by atoms with van der Waals surface area (Å²) in [5, 5.41) is 11.3. The number of aliphatic hydroxyl groups is 1. The molecule has 0 saturated heterocycles. The second kappa shape index (κ2) is 5.07. The number of hydrogen-bond acceptors (Lipinski definition) is 3. The quantitative estimate of drug-likeness (QED) is 0.552. The first-order valence-electron chi connectivity index (χ1n) is 4.76. The summed E-state index contributed by atoms with van der Waals surface area (Å²) in [5.41, 5.74) is 5.27. The Balaban J connectivity index is 2.83. The molecule has 0 aliphatic rings. The van der Waals surface area contributed by atoms with Crippen LogP contribution in [-0.4, -0.2) is 18.3 Å². The van der Waals surface area contributed by atoms with Gasteiger partial charge in [0.05, 0.1) is 16.9 Å². The molecule has 6 heteroatoms. The zero-order valence-electron chi connectivity index (χ0n) is 8.51. The molecule has 0 heterocycles. The number of halogens is 3. The molecule has 1 aromatic carbocycles. The molecule has 0 aromatic heterocycles. The van der Waals surface area contributed by atoms with E-state index < -0.39 is 11.7 Å². The number of nitrogens with one attached hydrogen (secondary N) is 1. The standard InChI is InChI=1S/C10H13F3N2O/c11-10(12,13)7-2-3-8(14)9(6-7)15-4-1-5-16/h2-3,6,15-16H,1,4-5,14H2. The normalized spacial score (nSPS) is 11.5. The summed E-state index contributed by atoms with van der Waals surface area (Å²) in [5.74, 6) is 0. The molecular formula is C10H13F3N2O. The fourth-order valence-corrected chi connectivity index (χ4v) is 1.19. The molecule has 0 saturated carbocycles. The average molecular weight is 234 g/mol. The Morgan fingerprint density at radius 3 is 2.56 bits per heavy atom. The molecule has 0 amide bonds. The number of anilines is 2. The fourth-order valence-electron chi connectivity index (χ4n) is 1.19. The Kier molecular flexibility index (Phi) is 4.00. The number of alkyl halides is 3. The van der Waals surface area contributed by atoms with E-state index in [1.54, 1.807) is 0 Å². The van der Waals surface area contributed by atoms with Crippen LogP contribution in [0.3, 0.4) is 0 Å². The van der Waals surface area contributed by atoms with Gasteiger partial charge in [0, 0.05) is 13.2 Å². The molecule has 0 atom stereocenters. The molecule has 0 aliphatic carbocycles. The molecule has 3 nitrogen and oxygen atoms in total. The van der Waals surface area contributed by atoms with Crippen molar-refractivity contribution in [2.24, 2.45) is 0 Å². The summed E-state index contributed by atoms with van der Waals surface area (Å²) < 4.78 is 37.1. The van der Waals surface area contributed by atoms with Gasteiger partial charge in [-0.25, -0.2) is 0 Å². The number of rotatable bonds is 4. The van der Waals surface area contributed by atoms with Gasteiger partial charge in [-0.05, 0) is 24.6 Å². The minimum absolute atomic E-state index is 0.0220. The largest absolute Gasteiger partial charge is 0.416 e. The Hall–Kier alpha value is -1.43. The number of benzene rings is 1. The van der Waals surface area contributed by atoms with Gasteiger partial charge in [-0.15, -0.1) is 0 Å². The van der Waals surface area contributed by atoms with Crippen LogP contribution in [0.5, 0.6) is 0 Å². The topological polar surface area (TPSA) is 58.3 Å². The first-order valence-corrected chi connectivity index (χ1v) is 4.76. The number of nitrogens with two attached hydrogens (primary N) is 1. The Morgan fingerprint density at radius 2 is 2.00 bits per heavy atom. The van der Waals surface area contributed by atoms with Crippen LogP contribution in [-0.2, 0) is 6.18 Å². The molecule has 0 fully saturated rings. The van der Waals surface area contributed by atoms with E-state index in [-0.39, 0.29) is 18.0 Å². The summed E-state index contributed by atoms with van der Waals surface area (Å²) in [6.07, 6.45) is -3.92. The number of nitrogen functional groups attached to an aromatic ring is 1.